The molecule has 1 fully saturated rings. The van der Waals surface area contributed by atoms with E-state index in [-0.39, 0.29) is 18.9 Å². The highest BCUT2D eigenvalue weighted by molar-refractivity contribution is 6.00. The minimum atomic E-state index is -4.67. The number of nitrogens with zero attached hydrogens (tertiary/aromatic N) is 1. The Morgan fingerprint density at radius 2 is 1.73 bits per heavy atom. The van der Waals surface area contributed by atoms with Gasteiger partial charge in [0.15, 0.2) is 6.61 Å². The van der Waals surface area contributed by atoms with Crippen molar-refractivity contribution in [3.8, 4) is 0 Å². The third-order valence-corrected chi connectivity index (χ3v) is 5.71. The van der Waals surface area contributed by atoms with Crippen LogP contribution in [0.1, 0.15) is 48.5 Å². The van der Waals surface area contributed by atoms with Gasteiger partial charge in [0.25, 0.3) is 5.91 Å². The first-order valence-electron chi connectivity index (χ1n) is 11.8. The number of para-hydroxylation sites is 1. The highest BCUT2D eigenvalue weighted by Gasteiger charge is 2.37. The zero-order chi connectivity index (χ0) is 27.0. The van der Waals surface area contributed by atoms with Crippen molar-refractivity contribution in [1.82, 2.24) is 0 Å². The summed E-state index contributed by atoms with van der Waals surface area (Å²) in [4.78, 5) is 50.4. The van der Waals surface area contributed by atoms with Crippen LogP contribution in [0.5, 0.6) is 0 Å². The van der Waals surface area contributed by atoms with E-state index in [1.807, 2.05) is 6.92 Å². The van der Waals surface area contributed by atoms with Crippen LogP contribution >= 0.6 is 0 Å². The summed E-state index contributed by atoms with van der Waals surface area (Å²) < 4.78 is 49.4. The van der Waals surface area contributed by atoms with E-state index in [9.17, 15) is 32.3 Å². The molecule has 2 aromatic carbocycles. The summed E-state index contributed by atoms with van der Waals surface area (Å²) in [5.41, 5.74) is -0.667. The minimum Gasteiger partial charge on any atom is -0.462 e. The van der Waals surface area contributed by atoms with Crippen LogP contribution in [0.2, 0.25) is 0 Å². The molecule has 0 aliphatic carbocycles. The molecule has 0 spiro atoms. The van der Waals surface area contributed by atoms with Crippen LogP contribution < -0.4 is 10.2 Å². The SMILES string of the molecule is CCCCCOC(=O)c1ccc(N2C[C@@H](C(=O)OCC(=O)Nc3ccccc3C(F)(F)F)CC2=O)cc1. The van der Waals surface area contributed by atoms with Gasteiger partial charge in [0, 0.05) is 18.7 Å². The van der Waals surface area contributed by atoms with Gasteiger partial charge in [0.2, 0.25) is 5.91 Å². The van der Waals surface area contributed by atoms with Gasteiger partial charge in [-0.1, -0.05) is 31.9 Å². The highest BCUT2D eigenvalue weighted by atomic mass is 19.4. The van der Waals surface area contributed by atoms with E-state index in [0.717, 1.165) is 31.4 Å². The van der Waals surface area contributed by atoms with Crippen molar-refractivity contribution >= 4 is 35.1 Å². The maximum absolute atomic E-state index is 13.1. The zero-order valence-corrected chi connectivity index (χ0v) is 20.2. The Balaban J connectivity index is 1.51. The Hall–Kier alpha value is -3.89. The molecule has 0 aromatic heterocycles. The Morgan fingerprint density at radius 1 is 1.03 bits per heavy atom. The molecule has 0 radical (unpaired) electrons. The van der Waals surface area contributed by atoms with Crippen LogP contribution in [0.25, 0.3) is 0 Å². The fraction of sp³-hybridized carbons (Fsp3) is 0.385. The molecular formula is C26H27F3N2O6. The molecule has 1 atom stereocenters. The number of esters is 2. The van der Waals surface area contributed by atoms with E-state index in [1.54, 1.807) is 12.1 Å². The third kappa shape index (κ3) is 7.55. The summed E-state index contributed by atoms with van der Waals surface area (Å²) in [6.45, 7) is 1.57. The molecule has 3 rings (SSSR count). The van der Waals surface area contributed by atoms with Gasteiger partial charge < -0.3 is 19.7 Å². The van der Waals surface area contributed by atoms with Crippen molar-refractivity contribution in [1.29, 1.82) is 0 Å². The average molecular weight is 521 g/mol. The summed E-state index contributed by atoms with van der Waals surface area (Å²) >= 11 is 0. The van der Waals surface area contributed by atoms with Crippen molar-refractivity contribution in [2.45, 2.75) is 38.8 Å². The van der Waals surface area contributed by atoms with Crippen molar-refractivity contribution < 1.29 is 41.8 Å². The van der Waals surface area contributed by atoms with E-state index in [0.29, 0.717) is 17.9 Å². The molecule has 2 amide bonds. The van der Waals surface area contributed by atoms with Gasteiger partial charge >= 0.3 is 18.1 Å². The molecule has 2 aromatic rings. The largest absolute Gasteiger partial charge is 0.462 e. The van der Waals surface area contributed by atoms with Crippen LogP contribution in [0.3, 0.4) is 0 Å². The lowest BCUT2D eigenvalue weighted by Gasteiger charge is -2.17. The van der Waals surface area contributed by atoms with Gasteiger partial charge in [-0.2, -0.15) is 13.2 Å². The standard InChI is InChI=1S/C26H27F3N2O6/c1-2-3-6-13-36-24(34)17-9-11-19(12-10-17)31-15-18(14-23(31)33)25(35)37-16-22(32)30-21-8-5-4-7-20(21)26(27,28)29/h4-5,7-12,18H,2-3,6,13-16H2,1H3,(H,30,32)/t18-/m0/s1. The fourth-order valence-electron chi connectivity index (χ4n) is 3.77. The number of anilines is 2. The summed E-state index contributed by atoms with van der Waals surface area (Å²) in [7, 11) is 0. The van der Waals surface area contributed by atoms with Crippen LogP contribution in [0.15, 0.2) is 48.5 Å². The molecule has 1 aliphatic heterocycles. The van der Waals surface area contributed by atoms with Gasteiger partial charge in [0.05, 0.1) is 29.3 Å². The molecule has 0 saturated carbocycles. The predicted molar refractivity (Wildman–Crippen MR) is 128 cm³/mol. The number of carbonyl (C=O) groups is 4. The molecule has 8 nitrogen and oxygen atoms in total. The molecule has 198 valence electrons. The first-order chi connectivity index (χ1) is 17.6. The maximum Gasteiger partial charge on any atom is 0.418 e. The zero-order valence-electron chi connectivity index (χ0n) is 20.2. The van der Waals surface area contributed by atoms with Crippen LogP contribution in [-0.2, 0) is 30.0 Å². The van der Waals surface area contributed by atoms with Gasteiger partial charge in [-0.15, -0.1) is 0 Å². The summed E-state index contributed by atoms with van der Waals surface area (Å²) in [5, 5.41) is 2.09. The number of ether oxygens (including phenoxy) is 2. The van der Waals surface area contributed by atoms with E-state index in [1.165, 1.54) is 29.2 Å². The molecule has 1 saturated heterocycles. The Morgan fingerprint density at radius 3 is 2.41 bits per heavy atom. The molecule has 1 N–H and O–H groups in total. The van der Waals surface area contributed by atoms with Gasteiger partial charge in [-0.3, -0.25) is 14.4 Å². The molecular weight excluding hydrogens is 493 g/mol. The molecule has 0 bridgehead atoms. The number of halogens is 3. The van der Waals surface area contributed by atoms with E-state index >= 15 is 0 Å². The maximum atomic E-state index is 13.1. The van der Waals surface area contributed by atoms with E-state index in [4.69, 9.17) is 9.47 Å². The second-order valence-electron chi connectivity index (χ2n) is 8.49. The number of carbonyl (C=O) groups excluding carboxylic acids is 4. The molecule has 0 unspecified atom stereocenters. The quantitative estimate of drug-likeness (QED) is 0.363. The number of alkyl halides is 3. The first kappa shape index (κ1) is 27.7. The number of amides is 2. The van der Waals surface area contributed by atoms with Gasteiger partial charge in [0.1, 0.15) is 0 Å². The number of rotatable bonds is 10. The number of unbranched alkanes of at least 4 members (excludes halogenated alkanes) is 2. The Kier molecular flexibility index (Phi) is 9.26. The van der Waals surface area contributed by atoms with Crippen molar-refractivity contribution in [3.63, 3.8) is 0 Å². The van der Waals surface area contributed by atoms with E-state index in [2.05, 4.69) is 5.32 Å². The van der Waals surface area contributed by atoms with Crippen molar-refractivity contribution in [2.24, 2.45) is 5.92 Å². The lowest BCUT2D eigenvalue weighted by Crippen LogP contribution is -2.28. The van der Waals surface area contributed by atoms with Crippen molar-refractivity contribution in [2.75, 3.05) is 30.0 Å². The van der Waals surface area contributed by atoms with Gasteiger partial charge in [-0.05, 0) is 42.8 Å². The second-order valence-corrected chi connectivity index (χ2v) is 8.49. The van der Waals surface area contributed by atoms with E-state index < -0.39 is 47.8 Å². The first-order valence-corrected chi connectivity index (χ1v) is 11.8. The number of benzene rings is 2. The number of hydrogen-bond donors (Lipinski definition) is 1. The Bertz CT molecular complexity index is 1130. The molecule has 37 heavy (non-hydrogen) atoms. The van der Waals surface area contributed by atoms with Crippen LogP contribution in [0, 0.1) is 5.92 Å². The normalized spacial score (nSPS) is 15.4. The van der Waals surface area contributed by atoms with Crippen molar-refractivity contribution in [3.05, 3.63) is 59.7 Å². The number of hydrogen-bond acceptors (Lipinski definition) is 6. The molecule has 11 heteroatoms. The Labute approximate surface area is 211 Å². The van der Waals surface area contributed by atoms with Gasteiger partial charge in [-0.25, -0.2) is 4.79 Å². The fourth-order valence-corrected chi connectivity index (χ4v) is 3.77. The highest BCUT2D eigenvalue weighted by Crippen LogP contribution is 2.34. The van der Waals surface area contributed by atoms with Crippen LogP contribution in [0.4, 0.5) is 24.5 Å². The molecule has 1 aliphatic rings. The summed E-state index contributed by atoms with van der Waals surface area (Å²) in [6.07, 6.45) is -2.07. The number of nitrogens with one attached hydrogen (secondary N) is 1. The average Bonchev–Trinajstić information content (AvgIpc) is 3.26. The monoisotopic (exact) mass is 520 g/mol. The predicted octanol–water partition coefficient (Wildman–Crippen LogP) is 4.59. The molecule has 1 heterocycles. The lowest BCUT2D eigenvalue weighted by molar-refractivity contribution is -0.151. The lowest BCUT2D eigenvalue weighted by atomic mass is 10.1. The van der Waals surface area contributed by atoms with Crippen LogP contribution in [-0.4, -0.2) is 43.5 Å². The topological polar surface area (TPSA) is 102 Å². The third-order valence-electron chi connectivity index (χ3n) is 5.71. The minimum absolute atomic E-state index is 0.00297. The summed E-state index contributed by atoms with van der Waals surface area (Å²) in [6, 6.07) is 10.6. The summed E-state index contributed by atoms with van der Waals surface area (Å²) in [5.74, 6) is -3.43. The second kappa shape index (κ2) is 12.4. The smallest absolute Gasteiger partial charge is 0.418 e.